The van der Waals surface area contributed by atoms with Crippen molar-refractivity contribution >= 4 is 11.9 Å². The molecule has 6 nitrogen and oxygen atoms in total. The molecule has 0 aromatic carbocycles. The summed E-state index contributed by atoms with van der Waals surface area (Å²) in [6, 6.07) is -0.283. The molecular weight excluding hydrogens is 258 g/mol. The minimum absolute atomic E-state index is 0.0541. The summed E-state index contributed by atoms with van der Waals surface area (Å²) in [5.74, 6) is -0.480. The summed E-state index contributed by atoms with van der Waals surface area (Å²) in [4.78, 5) is 25.8. The molecular formula is C14H21N3O3. The van der Waals surface area contributed by atoms with E-state index in [1.807, 2.05) is 20.2 Å². The molecule has 2 atom stereocenters. The zero-order valence-electron chi connectivity index (χ0n) is 12.2. The highest BCUT2D eigenvalue weighted by atomic mass is 16.5. The molecule has 6 heteroatoms. The largest absolute Gasteiger partial charge is 0.465 e. The molecule has 20 heavy (non-hydrogen) atoms. The van der Waals surface area contributed by atoms with E-state index in [1.165, 1.54) is 0 Å². The lowest BCUT2D eigenvalue weighted by Crippen LogP contribution is -2.43. The molecule has 1 saturated heterocycles. The molecule has 2 unspecified atom stereocenters. The fraction of sp³-hybridized carbons (Fsp3) is 0.643. The lowest BCUT2D eigenvalue weighted by Gasteiger charge is -2.37. The van der Waals surface area contributed by atoms with E-state index in [-0.39, 0.29) is 23.8 Å². The van der Waals surface area contributed by atoms with Gasteiger partial charge < -0.3 is 9.64 Å². The predicted molar refractivity (Wildman–Crippen MR) is 72.7 cm³/mol. The average Bonchev–Trinajstić information content (AvgIpc) is 2.85. The Labute approximate surface area is 118 Å². The van der Waals surface area contributed by atoms with Crippen molar-refractivity contribution in [1.82, 2.24) is 14.7 Å². The van der Waals surface area contributed by atoms with Gasteiger partial charge in [-0.1, -0.05) is 6.92 Å². The normalized spacial score (nSPS) is 22.9. The van der Waals surface area contributed by atoms with Gasteiger partial charge >= 0.3 is 5.97 Å². The van der Waals surface area contributed by atoms with Gasteiger partial charge in [0.15, 0.2) is 0 Å². The van der Waals surface area contributed by atoms with Crippen molar-refractivity contribution in [2.75, 3.05) is 13.7 Å². The van der Waals surface area contributed by atoms with E-state index in [2.05, 4.69) is 5.10 Å². The number of hydrogen-bond donors (Lipinski definition) is 0. The first kappa shape index (κ1) is 14.6. The van der Waals surface area contributed by atoms with Crippen LogP contribution >= 0.6 is 0 Å². The number of amides is 1. The second kappa shape index (κ2) is 6.07. The minimum Gasteiger partial charge on any atom is -0.465 e. The van der Waals surface area contributed by atoms with Crippen LogP contribution in [0.5, 0.6) is 0 Å². The number of ether oxygens (including phenoxy) is 1. The zero-order chi connectivity index (χ0) is 14.7. The topological polar surface area (TPSA) is 64.4 Å². The number of carbonyl (C=O) groups is 2. The molecule has 0 bridgehead atoms. The van der Waals surface area contributed by atoms with Crippen LogP contribution in [0.2, 0.25) is 0 Å². The fourth-order valence-corrected chi connectivity index (χ4v) is 2.64. The molecule has 110 valence electrons. The van der Waals surface area contributed by atoms with Crippen LogP contribution in [0.3, 0.4) is 0 Å². The maximum absolute atomic E-state index is 12.2. The number of nitrogens with zero attached hydrogens (tertiary/aromatic N) is 3. The molecule has 0 aliphatic carbocycles. The Morgan fingerprint density at radius 1 is 1.50 bits per heavy atom. The molecule has 2 rings (SSSR count). The molecule has 1 aromatic heterocycles. The van der Waals surface area contributed by atoms with Crippen molar-refractivity contribution in [3.8, 4) is 0 Å². The van der Waals surface area contributed by atoms with Crippen LogP contribution in [0.15, 0.2) is 12.4 Å². The van der Waals surface area contributed by atoms with E-state index < -0.39 is 0 Å². The summed E-state index contributed by atoms with van der Waals surface area (Å²) in [7, 11) is 3.55. The zero-order valence-corrected chi connectivity index (χ0v) is 12.2. The number of esters is 1. The van der Waals surface area contributed by atoms with Gasteiger partial charge in [0.1, 0.15) is 0 Å². The van der Waals surface area contributed by atoms with Crippen LogP contribution < -0.4 is 0 Å². The highest BCUT2D eigenvalue weighted by Crippen LogP contribution is 2.36. The average molecular weight is 279 g/mol. The number of carbonyl (C=O) groups excluding carboxylic acids is 2. The first-order chi connectivity index (χ1) is 9.54. The molecule has 1 aromatic rings. The third-order valence-corrected chi connectivity index (χ3v) is 3.68. The number of aryl methyl sites for hydroxylation is 1. The quantitative estimate of drug-likeness (QED) is 0.779. The number of piperidine rings is 1. The van der Waals surface area contributed by atoms with Crippen LogP contribution in [0.4, 0.5) is 0 Å². The number of hydrogen-bond acceptors (Lipinski definition) is 4. The maximum atomic E-state index is 12.2. The molecule has 1 fully saturated rings. The molecule has 2 heterocycles. The molecule has 0 N–H and O–H groups in total. The Morgan fingerprint density at radius 2 is 2.25 bits per heavy atom. The molecule has 1 aliphatic rings. The van der Waals surface area contributed by atoms with E-state index >= 15 is 0 Å². The van der Waals surface area contributed by atoms with Crippen LogP contribution in [-0.4, -0.2) is 40.2 Å². The van der Waals surface area contributed by atoms with E-state index in [1.54, 1.807) is 22.8 Å². The lowest BCUT2D eigenvalue weighted by molar-refractivity contribution is -0.156. The third kappa shape index (κ3) is 2.84. The summed E-state index contributed by atoms with van der Waals surface area (Å²) in [5, 5.41) is 4.13. The van der Waals surface area contributed by atoms with E-state index in [0.29, 0.717) is 19.4 Å². The lowest BCUT2D eigenvalue weighted by atomic mass is 9.86. The van der Waals surface area contributed by atoms with Crippen molar-refractivity contribution in [3.05, 3.63) is 18.0 Å². The minimum atomic E-state index is -0.312. The van der Waals surface area contributed by atoms with E-state index in [9.17, 15) is 9.59 Å². The number of rotatable bonds is 4. The van der Waals surface area contributed by atoms with Crippen LogP contribution in [0, 0.1) is 5.92 Å². The van der Waals surface area contributed by atoms with Crippen LogP contribution in [0.1, 0.15) is 37.8 Å². The summed E-state index contributed by atoms with van der Waals surface area (Å²) in [6.07, 6.45) is 5.27. The Hall–Kier alpha value is -1.85. The second-order valence-electron chi connectivity index (χ2n) is 5.21. The Kier molecular flexibility index (Phi) is 4.42. The first-order valence-corrected chi connectivity index (χ1v) is 6.95. The molecule has 0 saturated carbocycles. The van der Waals surface area contributed by atoms with Gasteiger partial charge in [-0.05, 0) is 12.8 Å². The van der Waals surface area contributed by atoms with Gasteiger partial charge in [0.05, 0.1) is 24.8 Å². The summed E-state index contributed by atoms with van der Waals surface area (Å²) in [6.45, 7) is 2.38. The monoisotopic (exact) mass is 279 g/mol. The number of aromatic nitrogens is 2. The SMILES string of the molecule is CCCOC(=O)C1CCC(=O)N(C)C1c1cnn(C)c1. The van der Waals surface area contributed by atoms with Crippen molar-refractivity contribution in [3.63, 3.8) is 0 Å². The summed E-state index contributed by atoms with van der Waals surface area (Å²) >= 11 is 0. The van der Waals surface area contributed by atoms with Gasteiger partial charge in [0, 0.05) is 32.3 Å². The summed E-state index contributed by atoms with van der Waals surface area (Å²) < 4.78 is 6.95. The van der Waals surface area contributed by atoms with Crippen LogP contribution in [-0.2, 0) is 21.4 Å². The van der Waals surface area contributed by atoms with E-state index in [4.69, 9.17) is 4.74 Å². The highest BCUT2D eigenvalue weighted by Gasteiger charge is 2.40. The van der Waals surface area contributed by atoms with Gasteiger partial charge in [-0.25, -0.2) is 0 Å². The van der Waals surface area contributed by atoms with Gasteiger partial charge in [-0.2, -0.15) is 5.10 Å². The standard InChI is InChI=1S/C14H21N3O3/c1-4-7-20-14(19)11-5-6-12(18)17(3)13(11)10-8-15-16(2)9-10/h8-9,11,13H,4-7H2,1-3H3. The Bertz CT molecular complexity index is 498. The van der Waals surface area contributed by atoms with Crippen molar-refractivity contribution in [1.29, 1.82) is 0 Å². The van der Waals surface area contributed by atoms with Crippen LogP contribution in [0.25, 0.3) is 0 Å². The second-order valence-corrected chi connectivity index (χ2v) is 5.21. The molecule has 1 aliphatic heterocycles. The molecule has 0 radical (unpaired) electrons. The van der Waals surface area contributed by atoms with Crippen molar-refractivity contribution in [2.45, 2.75) is 32.2 Å². The number of likely N-dealkylation sites (tertiary alicyclic amines) is 1. The van der Waals surface area contributed by atoms with Gasteiger partial charge in [0.2, 0.25) is 5.91 Å². The first-order valence-electron chi connectivity index (χ1n) is 6.95. The third-order valence-electron chi connectivity index (χ3n) is 3.68. The fourth-order valence-electron chi connectivity index (χ4n) is 2.64. The molecule has 1 amide bonds. The highest BCUT2D eigenvalue weighted by molar-refractivity contribution is 5.82. The van der Waals surface area contributed by atoms with Gasteiger partial charge in [-0.15, -0.1) is 0 Å². The van der Waals surface area contributed by atoms with Crippen molar-refractivity contribution in [2.24, 2.45) is 13.0 Å². The predicted octanol–water partition coefficient (Wildman–Crippen LogP) is 1.28. The van der Waals surface area contributed by atoms with E-state index in [0.717, 1.165) is 12.0 Å². The van der Waals surface area contributed by atoms with Gasteiger partial charge in [0.25, 0.3) is 0 Å². The Morgan fingerprint density at radius 3 is 2.85 bits per heavy atom. The molecule has 0 spiro atoms. The smallest absolute Gasteiger partial charge is 0.311 e. The summed E-state index contributed by atoms with van der Waals surface area (Å²) in [5.41, 5.74) is 0.876. The maximum Gasteiger partial charge on any atom is 0.311 e. The van der Waals surface area contributed by atoms with Gasteiger partial charge in [-0.3, -0.25) is 14.3 Å². The Balaban J connectivity index is 2.24. The van der Waals surface area contributed by atoms with Crippen molar-refractivity contribution < 1.29 is 14.3 Å².